The summed E-state index contributed by atoms with van der Waals surface area (Å²) in [6.45, 7) is 8.88. The molecule has 0 heterocycles. The lowest BCUT2D eigenvalue weighted by Crippen LogP contribution is -2.36. The molecule has 1 aromatic rings. The minimum atomic E-state index is -1.05. The molecule has 196 valence electrons. The summed E-state index contributed by atoms with van der Waals surface area (Å²) in [5, 5.41) is 0. The summed E-state index contributed by atoms with van der Waals surface area (Å²) in [4.78, 5) is 47.5. The Labute approximate surface area is 205 Å². The van der Waals surface area contributed by atoms with Crippen molar-refractivity contribution in [1.82, 2.24) is 0 Å². The molecule has 0 aliphatic carbocycles. The molecule has 11 nitrogen and oxygen atoms in total. The number of ether oxygens (including phenoxy) is 6. The van der Waals surface area contributed by atoms with Gasteiger partial charge in [0.2, 0.25) is 0 Å². The molecule has 2 N–H and O–H groups in total. The molecule has 0 saturated heterocycles. The monoisotopic (exact) mass is 497 g/mol. The maximum Gasteiger partial charge on any atom is 0.513 e. The molecule has 35 heavy (non-hydrogen) atoms. The van der Waals surface area contributed by atoms with Gasteiger partial charge in [-0.3, -0.25) is 9.59 Å². The van der Waals surface area contributed by atoms with Gasteiger partial charge in [0.15, 0.2) is 11.5 Å². The van der Waals surface area contributed by atoms with Crippen LogP contribution in [0.3, 0.4) is 0 Å². The van der Waals surface area contributed by atoms with Crippen molar-refractivity contribution in [2.45, 2.75) is 66.0 Å². The number of carbonyl (C=O) groups excluding carboxylic acids is 4. The second-order valence-corrected chi connectivity index (χ2v) is 8.02. The first-order chi connectivity index (χ1) is 16.5. The Bertz CT molecular complexity index is 855. The maximum absolute atomic E-state index is 12.3. The first-order valence-electron chi connectivity index (χ1n) is 11.5. The highest BCUT2D eigenvalue weighted by Crippen LogP contribution is 2.30. The Morgan fingerprint density at radius 3 is 2.06 bits per heavy atom. The smallest absolute Gasteiger partial charge is 0.461 e. The summed E-state index contributed by atoms with van der Waals surface area (Å²) < 4.78 is 30.0. The zero-order valence-electron chi connectivity index (χ0n) is 20.9. The third-order valence-electron chi connectivity index (χ3n) is 4.40. The third kappa shape index (κ3) is 12.1. The Kier molecular flexibility index (Phi) is 13.2. The predicted octanol–water partition coefficient (Wildman–Crippen LogP) is 3.54. The SMILES string of the molecule is CCOC(=O)Oc1ccc(C[C@H](N)C(=O)OC[C@H](C)OC(=O)CCC(C)C)cc1OC(=O)OCC. The normalized spacial score (nSPS) is 12.3. The van der Waals surface area contributed by atoms with Gasteiger partial charge in [0, 0.05) is 6.42 Å². The number of nitrogens with two attached hydrogens (primary N) is 1. The second kappa shape index (κ2) is 15.5. The van der Waals surface area contributed by atoms with E-state index in [4.69, 9.17) is 34.2 Å². The van der Waals surface area contributed by atoms with Crippen molar-refractivity contribution < 1.29 is 47.6 Å². The highest BCUT2D eigenvalue weighted by molar-refractivity contribution is 5.76. The van der Waals surface area contributed by atoms with Gasteiger partial charge in [-0.2, -0.15) is 0 Å². The lowest BCUT2D eigenvalue weighted by atomic mass is 10.1. The third-order valence-corrected chi connectivity index (χ3v) is 4.40. The van der Waals surface area contributed by atoms with E-state index >= 15 is 0 Å². The zero-order valence-corrected chi connectivity index (χ0v) is 20.9. The van der Waals surface area contributed by atoms with E-state index in [9.17, 15) is 19.2 Å². The Morgan fingerprint density at radius 2 is 1.49 bits per heavy atom. The topological polar surface area (TPSA) is 150 Å². The fourth-order valence-corrected chi connectivity index (χ4v) is 2.69. The molecule has 0 aliphatic rings. The average Bonchev–Trinajstić information content (AvgIpc) is 2.78. The molecule has 0 amide bonds. The maximum atomic E-state index is 12.3. The van der Waals surface area contributed by atoms with E-state index in [1.807, 2.05) is 13.8 Å². The summed E-state index contributed by atoms with van der Waals surface area (Å²) in [6.07, 6.45) is -1.56. The first-order valence-corrected chi connectivity index (χ1v) is 11.5. The van der Waals surface area contributed by atoms with Crippen molar-refractivity contribution in [1.29, 1.82) is 0 Å². The molecule has 0 bridgehead atoms. The molecular weight excluding hydrogens is 462 g/mol. The fraction of sp³-hybridized carbons (Fsp3) is 0.583. The summed E-state index contributed by atoms with van der Waals surface area (Å²) in [6, 6.07) is 3.25. The second-order valence-electron chi connectivity index (χ2n) is 8.02. The van der Waals surface area contributed by atoms with Gasteiger partial charge in [-0.1, -0.05) is 19.9 Å². The van der Waals surface area contributed by atoms with Crippen LogP contribution >= 0.6 is 0 Å². The van der Waals surface area contributed by atoms with Gasteiger partial charge in [0.05, 0.1) is 13.2 Å². The molecule has 0 radical (unpaired) electrons. The van der Waals surface area contributed by atoms with E-state index in [2.05, 4.69) is 0 Å². The van der Waals surface area contributed by atoms with Gasteiger partial charge in [-0.15, -0.1) is 0 Å². The van der Waals surface area contributed by atoms with Crippen LogP contribution in [-0.2, 0) is 35.0 Å². The van der Waals surface area contributed by atoms with Gasteiger partial charge in [0.25, 0.3) is 0 Å². The zero-order chi connectivity index (χ0) is 26.4. The molecule has 0 fully saturated rings. The van der Waals surface area contributed by atoms with Crippen LogP contribution in [0, 0.1) is 5.92 Å². The standard InChI is InChI=1S/C24H35NO10/c1-6-30-23(28)34-19-10-9-17(13-20(19)35-24(29)31-7-2)12-18(25)22(27)32-14-16(5)33-21(26)11-8-15(3)4/h9-10,13,15-16,18H,6-8,11-12,14,25H2,1-5H3/t16-,18-/m0/s1. The van der Waals surface area contributed by atoms with Crippen molar-refractivity contribution in [3.05, 3.63) is 23.8 Å². The Balaban J connectivity index is 2.74. The molecule has 11 heteroatoms. The minimum absolute atomic E-state index is 0.0280. The number of carbonyl (C=O) groups is 4. The van der Waals surface area contributed by atoms with Crippen LogP contribution in [0.25, 0.3) is 0 Å². The van der Waals surface area contributed by atoms with Gasteiger partial charge in [-0.05, 0) is 57.2 Å². The lowest BCUT2D eigenvalue weighted by Gasteiger charge is -2.17. The van der Waals surface area contributed by atoms with E-state index in [1.54, 1.807) is 26.8 Å². The van der Waals surface area contributed by atoms with E-state index in [0.29, 0.717) is 24.3 Å². The summed E-state index contributed by atoms with van der Waals surface area (Å²) in [5.41, 5.74) is 6.45. The van der Waals surface area contributed by atoms with E-state index in [-0.39, 0.29) is 43.7 Å². The average molecular weight is 498 g/mol. The molecule has 1 aromatic carbocycles. The van der Waals surface area contributed by atoms with Gasteiger partial charge >= 0.3 is 24.2 Å². The van der Waals surface area contributed by atoms with Crippen LogP contribution < -0.4 is 15.2 Å². The van der Waals surface area contributed by atoms with Crippen molar-refractivity contribution >= 4 is 24.2 Å². The molecule has 0 aromatic heterocycles. The largest absolute Gasteiger partial charge is 0.513 e. The number of hydrogen-bond donors (Lipinski definition) is 1. The molecule has 0 unspecified atom stereocenters. The van der Waals surface area contributed by atoms with Gasteiger partial charge in [-0.25, -0.2) is 9.59 Å². The quantitative estimate of drug-likeness (QED) is 0.242. The lowest BCUT2D eigenvalue weighted by molar-refractivity contribution is -0.158. The van der Waals surface area contributed by atoms with Crippen molar-refractivity contribution in [3.8, 4) is 11.5 Å². The highest BCUT2D eigenvalue weighted by atomic mass is 16.7. The van der Waals surface area contributed by atoms with Crippen LogP contribution in [0.2, 0.25) is 0 Å². The van der Waals surface area contributed by atoms with E-state index in [1.165, 1.54) is 12.1 Å². The summed E-state index contributed by atoms with van der Waals surface area (Å²) in [7, 11) is 0. The van der Waals surface area contributed by atoms with Crippen molar-refractivity contribution in [2.75, 3.05) is 19.8 Å². The molecular formula is C24H35NO10. The van der Waals surface area contributed by atoms with Gasteiger partial charge in [0.1, 0.15) is 18.8 Å². The van der Waals surface area contributed by atoms with Crippen LogP contribution in [-0.4, -0.2) is 56.2 Å². The number of hydrogen-bond acceptors (Lipinski definition) is 11. The molecule has 2 atom stereocenters. The van der Waals surface area contributed by atoms with Crippen LogP contribution in [0.4, 0.5) is 9.59 Å². The Hall–Kier alpha value is -3.34. The first kappa shape index (κ1) is 29.7. The van der Waals surface area contributed by atoms with Crippen molar-refractivity contribution in [2.24, 2.45) is 11.7 Å². The predicted molar refractivity (Wildman–Crippen MR) is 124 cm³/mol. The Morgan fingerprint density at radius 1 is 0.886 bits per heavy atom. The number of rotatable bonds is 13. The molecule has 0 spiro atoms. The van der Waals surface area contributed by atoms with E-state index < -0.39 is 30.4 Å². The molecule has 0 saturated carbocycles. The van der Waals surface area contributed by atoms with Crippen LogP contribution in [0.1, 0.15) is 53.0 Å². The highest BCUT2D eigenvalue weighted by Gasteiger charge is 2.21. The summed E-state index contributed by atoms with van der Waals surface area (Å²) >= 11 is 0. The molecule has 0 aliphatic heterocycles. The molecule has 1 rings (SSSR count). The minimum Gasteiger partial charge on any atom is -0.461 e. The summed E-state index contributed by atoms with van der Waals surface area (Å²) in [5.74, 6) is -0.871. The van der Waals surface area contributed by atoms with Crippen LogP contribution in [0.5, 0.6) is 11.5 Å². The van der Waals surface area contributed by atoms with Gasteiger partial charge < -0.3 is 34.2 Å². The number of benzene rings is 1. The fourth-order valence-electron chi connectivity index (χ4n) is 2.69. The number of esters is 2. The van der Waals surface area contributed by atoms with Crippen LogP contribution in [0.15, 0.2) is 18.2 Å². The van der Waals surface area contributed by atoms with E-state index in [0.717, 1.165) is 0 Å². The van der Waals surface area contributed by atoms with Crippen molar-refractivity contribution in [3.63, 3.8) is 0 Å².